The Bertz CT molecular complexity index is 782. The van der Waals surface area contributed by atoms with E-state index in [-0.39, 0.29) is 0 Å². The van der Waals surface area contributed by atoms with Crippen LogP contribution in [0.1, 0.15) is 11.3 Å². The molecule has 2 aromatic carbocycles. The van der Waals surface area contributed by atoms with Crippen LogP contribution >= 0.6 is 15.9 Å². The maximum atomic E-state index is 3.69. The summed E-state index contributed by atoms with van der Waals surface area (Å²) in [5.41, 5.74) is 3.94. The van der Waals surface area contributed by atoms with Gasteiger partial charge in [0.1, 0.15) is 0 Å². The quantitative estimate of drug-likeness (QED) is 0.581. The van der Waals surface area contributed by atoms with Gasteiger partial charge in [0.05, 0.1) is 0 Å². The van der Waals surface area contributed by atoms with E-state index < -0.39 is 0 Å². The molecule has 1 nitrogen and oxygen atoms in total. The van der Waals surface area contributed by atoms with E-state index in [1.165, 1.54) is 32.9 Å². The van der Waals surface area contributed by atoms with Crippen LogP contribution in [0.5, 0.6) is 0 Å². The van der Waals surface area contributed by atoms with Gasteiger partial charge in [-0.25, -0.2) is 0 Å². The van der Waals surface area contributed by atoms with Crippen LogP contribution in [0.3, 0.4) is 0 Å². The standard InChI is InChI=1S/C16H12BrN/c17-11-6-8-14-13(9-11)16-12-4-2-1-3-10(12)5-7-15(16)18-14/h1-8,11,18H,9H2. The van der Waals surface area contributed by atoms with Gasteiger partial charge < -0.3 is 4.98 Å². The molecule has 1 unspecified atom stereocenters. The molecule has 1 aliphatic rings. The molecule has 4 rings (SSSR count). The zero-order valence-electron chi connectivity index (χ0n) is 9.78. The molecule has 1 aromatic heterocycles. The fourth-order valence-electron chi connectivity index (χ4n) is 2.87. The smallest absolute Gasteiger partial charge is 0.0468 e. The van der Waals surface area contributed by atoms with Crippen LogP contribution in [-0.4, -0.2) is 9.81 Å². The van der Waals surface area contributed by atoms with E-state index in [1.807, 2.05) is 0 Å². The first-order valence-corrected chi connectivity index (χ1v) is 7.09. The van der Waals surface area contributed by atoms with Crippen molar-refractivity contribution < 1.29 is 0 Å². The maximum Gasteiger partial charge on any atom is 0.0468 e. The Balaban J connectivity index is 2.18. The molecule has 0 fully saturated rings. The lowest BCUT2D eigenvalue weighted by molar-refractivity contribution is 1.03. The van der Waals surface area contributed by atoms with Crippen molar-refractivity contribution in [1.29, 1.82) is 0 Å². The Morgan fingerprint density at radius 2 is 2.00 bits per heavy atom. The number of nitrogens with one attached hydrogen (secondary N) is 1. The van der Waals surface area contributed by atoms with Gasteiger partial charge in [-0.3, -0.25) is 0 Å². The first-order chi connectivity index (χ1) is 8.83. The van der Waals surface area contributed by atoms with Crippen LogP contribution < -0.4 is 0 Å². The van der Waals surface area contributed by atoms with Gasteiger partial charge in [-0.15, -0.1) is 0 Å². The predicted molar refractivity (Wildman–Crippen MR) is 81.3 cm³/mol. The molecular weight excluding hydrogens is 286 g/mol. The van der Waals surface area contributed by atoms with Crippen LogP contribution in [0.4, 0.5) is 0 Å². The first kappa shape index (κ1) is 10.4. The van der Waals surface area contributed by atoms with Crippen LogP contribution in [0.2, 0.25) is 0 Å². The zero-order valence-corrected chi connectivity index (χ0v) is 11.4. The summed E-state index contributed by atoms with van der Waals surface area (Å²) in [5.74, 6) is 0. The molecule has 0 radical (unpaired) electrons. The molecule has 0 spiro atoms. The summed E-state index contributed by atoms with van der Waals surface area (Å²) >= 11 is 3.69. The Hall–Kier alpha value is -1.54. The summed E-state index contributed by atoms with van der Waals surface area (Å²) in [6, 6.07) is 13.0. The van der Waals surface area contributed by atoms with Crippen molar-refractivity contribution in [2.45, 2.75) is 11.2 Å². The third-order valence-electron chi connectivity index (χ3n) is 3.70. The largest absolute Gasteiger partial charge is 0.355 e. The SMILES string of the molecule is BrC1C=Cc2[nH]c3ccc4ccccc4c3c2C1. The molecule has 0 amide bonds. The minimum Gasteiger partial charge on any atom is -0.355 e. The lowest BCUT2D eigenvalue weighted by Crippen LogP contribution is -2.03. The topological polar surface area (TPSA) is 15.8 Å². The zero-order chi connectivity index (χ0) is 12.1. The van der Waals surface area contributed by atoms with E-state index in [9.17, 15) is 0 Å². The fraction of sp³-hybridized carbons (Fsp3) is 0.125. The highest BCUT2D eigenvalue weighted by molar-refractivity contribution is 9.09. The number of aromatic nitrogens is 1. The average Bonchev–Trinajstić information content (AvgIpc) is 2.77. The van der Waals surface area contributed by atoms with Crippen LogP contribution in [0.25, 0.3) is 27.8 Å². The minimum absolute atomic E-state index is 0.447. The van der Waals surface area contributed by atoms with Gasteiger partial charge in [-0.1, -0.05) is 52.3 Å². The molecule has 3 aromatic rings. The lowest BCUT2D eigenvalue weighted by atomic mass is 9.97. The maximum absolute atomic E-state index is 3.69. The van der Waals surface area contributed by atoms with Gasteiger partial charge in [-0.2, -0.15) is 0 Å². The summed E-state index contributed by atoms with van der Waals surface area (Å²) in [4.78, 5) is 3.97. The molecule has 1 atom stereocenters. The second-order valence-electron chi connectivity index (χ2n) is 4.81. The number of halogens is 1. The summed E-state index contributed by atoms with van der Waals surface area (Å²) in [7, 11) is 0. The Labute approximate surface area is 114 Å². The number of rotatable bonds is 0. The Kier molecular flexibility index (Phi) is 2.15. The van der Waals surface area contributed by atoms with Crippen molar-refractivity contribution in [3.63, 3.8) is 0 Å². The van der Waals surface area contributed by atoms with Crippen molar-refractivity contribution in [3.8, 4) is 0 Å². The van der Waals surface area contributed by atoms with Gasteiger partial charge in [-0.05, 0) is 34.9 Å². The fourth-order valence-corrected chi connectivity index (χ4v) is 3.35. The first-order valence-electron chi connectivity index (χ1n) is 6.17. The Morgan fingerprint density at radius 3 is 2.94 bits per heavy atom. The van der Waals surface area contributed by atoms with E-state index in [2.05, 4.69) is 69.5 Å². The van der Waals surface area contributed by atoms with Crippen LogP contribution in [-0.2, 0) is 6.42 Å². The highest BCUT2D eigenvalue weighted by atomic mass is 79.9. The summed E-state index contributed by atoms with van der Waals surface area (Å²) in [6.07, 6.45) is 5.45. The van der Waals surface area contributed by atoms with Crippen molar-refractivity contribution >= 4 is 43.7 Å². The lowest BCUT2D eigenvalue weighted by Gasteiger charge is -2.11. The van der Waals surface area contributed by atoms with E-state index in [0.717, 1.165) is 6.42 Å². The third kappa shape index (κ3) is 1.39. The summed E-state index contributed by atoms with van der Waals surface area (Å²) < 4.78 is 0. The van der Waals surface area contributed by atoms with Gasteiger partial charge >= 0.3 is 0 Å². The predicted octanol–water partition coefficient (Wildman–Crippen LogP) is 4.65. The number of benzene rings is 2. The molecule has 1 heterocycles. The second kappa shape index (κ2) is 3.72. The molecule has 0 saturated carbocycles. The highest BCUT2D eigenvalue weighted by Gasteiger charge is 2.17. The molecule has 18 heavy (non-hydrogen) atoms. The van der Waals surface area contributed by atoms with Crippen LogP contribution in [0, 0.1) is 0 Å². The molecular formula is C16H12BrN. The number of H-pyrrole nitrogens is 1. The van der Waals surface area contributed by atoms with E-state index >= 15 is 0 Å². The molecule has 0 bridgehead atoms. The third-order valence-corrected chi connectivity index (χ3v) is 4.33. The van der Waals surface area contributed by atoms with Crippen LogP contribution in [0.15, 0.2) is 42.5 Å². The molecule has 2 heteroatoms. The molecule has 1 aliphatic carbocycles. The van der Waals surface area contributed by atoms with Crippen molar-refractivity contribution in [2.75, 3.05) is 0 Å². The van der Waals surface area contributed by atoms with E-state index in [1.54, 1.807) is 0 Å². The number of hydrogen-bond acceptors (Lipinski definition) is 0. The average molecular weight is 298 g/mol. The van der Waals surface area contributed by atoms with Gasteiger partial charge in [0.15, 0.2) is 0 Å². The molecule has 0 aliphatic heterocycles. The summed E-state index contributed by atoms with van der Waals surface area (Å²) in [6.45, 7) is 0. The molecule has 1 N–H and O–H groups in total. The van der Waals surface area contributed by atoms with E-state index in [0.29, 0.717) is 4.83 Å². The number of alkyl halides is 1. The highest BCUT2D eigenvalue weighted by Crippen LogP contribution is 2.34. The number of fused-ring (bicyclic) bond motifs is 5. The number of allylic oxidation sites excluding steroid dienone is 1. The van der Waals surface area contributed by atoms with Gasteiger partial charge in [0, 0.05) is 21.4 Å². The Morgan fingerprint density at radius 1 is 1.11 bits per heavy atom. The van der Waals surface area contributed by atoms with Gasteiger partial charge in [0.2, 0.25) is 0 Å². The van der Waals surface area contributed by atoms with Crippen molar-refractivity contribution in [1.82, 2.24) is 4.98 Å². The minimum atomic E-state index is 0.447. The van der Waals surface area contributed by atoms with Gasteiger partial charge in [0.25, 0.3) is 0 Å². The summed E-state index contributed by atoms with van der Waals surface area (Å²) in [5, 5.41) is 4.05. The molecule has 0 saturated heterocycles. The second-order valence-corrected chi connectivity index (χ2v) is 5.98. The molecule has 88 valence electrons. The van der Waals surface area contributed by atoms with Crippen molar-refractivity contribution in [2.24, 2.45) is 0 Å². The van der Waals surface area contributed by atoms with Crippen molar-refractivity contribution in [3.05, 3.63) is 53.7 Å². The normalized spacial score (nSPS) is 18.4. The number of hydrogen-bond donors (Lipinski definition) is 1. The monoisotopic (exact) mass is 297 g/mol. The number of aromatic amines is 1. The van der Waals surface area contributed by atoms with E-state index in [4.69, 9.17) is 0 Å².